The van der Waals surface area contributed by atoms with Crippen molar-refractivity contribution in [2.75, 3.05) is 6.61 Å². The normalized spacial score (nSPS) is 11.8. The van der Waals surface area contributed by atoms with E-state index in [0.29, 0.717) is 11.7 Å². The zero-order valence-electron chi connectivity index (χ0n) is 10.9. The quantitative estimate of drug-likeness (QED) is 0.822. The maximum Gasteiger partial charge on any atom is 0.124 e. The minimum Gasteiger partial charge on any atom is -0.395 e. The molecule has 0 radical (unpaired) electrons. The second kappa shape index (κ2) is 8.18. The fraction of sp³-hybridized carbons (Fsp3) is 0.467. The Balaban J connectivity index is 2.80. The molecule has 0 saturated heterocycles. The van der Waals surface area contributed by atoms with Crippen molar-refractivity contribution in [1.29, 1.82) is 0 Å². The Morgan fingerprint density at radius 1 is 1.44 bits per heavy atom. The first-order valence-electron chi connectivity index (χ1n) is 6.17. The second-order valence-electron chi connectivity index (χ2n) is 4.11. The van der Waals surface area contributed by atoms with Gasteiger partial charge in [-0.05, 0) is 24.1 Å². The molecule has 1 unspecified atom stereocenters. The molecule has 1 rings (SSSR count). The van der Waals surface area contributed by atoms with Gasteiger partial charge in [0.1, 0.15) is 5.82 Å². The van der Waals surface area contributed by atoms with E-state index in [1.54, 1.807) is 6.07 Å². The predicted octanol–water partition coefficient (Wildman–Crippen LogP) is 3.59. The maximum absolute atomic E-state index is 13.2. The van der Waals surface area contributed by atoms with Gasteiger partial charge in [0.2, 0.25) is 0 Å². The fourth-order valence-electron chi connectivity index (χ4n) is 1.35. The van der Waals surface area contributed by atoms with Gasteiger partial charge in [0.15, 0.2) is 0 Å². The van der Waals surface area contributed by atoms with E-state index in [9.17, 15) is 4.39 Å². The monoisotopic (exact) mass is 266 g/mol. The zero-order valence-corrected chi connectivity index (χ0v) is 11.7. The topological polar surface area (TPSA) is 20.2 Å². The van der Waals surface area contributed by atoms with Crippen LogP contribution >= 0.6 is 11.8 Å². The number of thioether (sulfide) groups is 1. The minimum atomic E-state index is -0.263. The fourth-order valence-corrected chi connectivity index (χ4v) is 2.31. The van der Waals surface area contributed by atoms with Crippen LogP contribution in [-0.4, -0.2) is 17.0 Å². The number of rotatable bonds is 5. The van der Waals surface area contributed by atoms with E-state index in [0.717, 1.165) is 23.3 Å². The van der Waals surface area contributed by atoms with Crippen LogP contribution in [0.2, 0.25) is 0 Å². The molecule has 1 nitrogen and oxygen atoms in total. The van der Waals surface area contributed by atoms with Crippen molar-refractivity contribution >= 4 is 11.8 Å². The lowest BCUT2D eigenvalue weighted by Crippen LogP contribution is -1.96. The Morgan fingerprint density at radius 3 is 2.89 bits per heavy atom. The lowest BCUT2D eigenvalue weighted by Gasteiger charge is -2.09. The summed E-state index contributed by atoms with van der Waals surface area (Å²) < 4.78 is 13.2. The number of hydrogen-bond donors (Lipinski definition) is 1. The van der Waals surface area contributed by atoms with E-state index in [4.69, 9.17) is 5.11 Å². The van der Waals surface area contributed by atoms with Crippen molar-refractivity contribution < 1.29 is 9.50 Å². The summed E-state index contributed by atoms with van der Waals surface area (Å²) in [5.74, 6) is 6.36. The van der Waals surface area contributed by atoms with E-state index < -0.39 is 0 Å². The van der Waals surface area contributed by atoms with Gasteiger partial charge in [-0.1, -0.05) is 31.8 Å². The maximum atomic E-state index is 13.2. The summed E-state index contributed by atoms with van der Waals surface area (Å²) in [7, 11) is 0. The average molecular weight is 266 g/mol. The summed E-state index contributed by atoms with van der Waals surface area (Å²) in [6, 6.07) is 4.74. The molecule has 1 N–H and O–H groups in total. The SMILES string of the molecule is CCC(C)SCc1ccc(F)cc1C#CCCO. The summed E-state index contributed by atoms with van der Waals surface area (Å²) in [6.07, 6.45) is 1.55. The number of halogens is 1. The first-order valence-corrected chi connectivity index (χ1v) is 7.22. The van der Waals surface area contributed by atoms with Crippen LogP contribution in [0.4, 0.5) is 4.39 Å². The van der Waals surface area contributed by atoms with Crippen LogP contribution in [0, 0.1) is 17.7 Å². The van der Waals surface area contributed by atoms with Gasteiger partial charge in [-0.25, -0.2) is 4.39 Å². The second-order valence-corrected chi connectivity index (χ2v) is 5.53. The lowest BCUT2D eigenvalue weighted by molar-refractivity contribution is 0.305. The third-order valence-corrected chi connectivity index (χ3v) is 4.01. The van der Waals surface area contributed by atoms with Crippen molar-refractivity contribution in [3.63, 3.8) is 0 Å². The van der Waals surface area contributed by atoms with Crippen LogP contribution in [0.3, 0.4) is 0 Å². The largest absolute Gasteiger partial charge is 0.395 e. The van der Waals surface area contributed by atoms with Gasteiger partial charge in [0.25, 0.3) is 0 Å². The summed E-state index contributed by atoms with van der Waals surface area (Å²) in [6.45, 7) is 4.38. The first kappa shape index (κ1) is 15.1. The first-order chi connectivity index (χ1) is 8.67. The standard InChI is InChI=1S/C15H19FOS/c1-3-12(2)18-11-14-7-8-15(16)10-13(14)6-4-5-9-17/h7-8,10,12,17H,3,5,9,11H2,1-2H3. The van der Waals surface area contributed by atoms with Crippen LogP contribution in [0.15, 0.2) is 18.2 Å². The molecule has 1 aromatic carbocycles. The Kier molecular flexibility index (Phi) is 6.85. The molecule has 18 heavy (non-hydrogen) atoms. The molecule has 0 aliphatic heterocycles. The lowest BCUT2D eigenvalue weighted by atomic mass is 10.1. The molecule has 0 heterocycles. The Hall–Kier alpha value is -0.980. The minimum absolute atomic E-state index is 0.0409. The van der Waals surface area contributed by atoms with Crippen LogP contribution in [-0.2, 0) is 5.75 Å². The smallest absolute Gasteiger partial charge is 0.124 e. The number of aliphatic hydroxyl groups excluding tert-OH is 1. The van der Waals surface area contributed by atoms with Crippen LogP contribution < -0.4 is 0 Å². The van der Waals surface area contributed by atoms with Gasteiger partial charge < -0.3 is 5.11 Å². The highest BCUT2D eigenvalue weighted by molar-refractivity contribution is 7.99. The number of benzene rings is 1. The van der Waals surface area contributed by atoms with Gasteiger partial charge in [0.05, 0.1) is 6.61 Å². The van der Waals surface area contributed by atoms with Crippen molar-refractivity contribution in [1.82, 2.24) is 0 Å². The molecule has 1 atom stereocenters. The number of aliphatic hydroxyl groups is 1. The molecule has 0 aliphatic rings. The summed E-state index contributed by atoms with van der Waals surface area (Å²) in [5, 5.41) is 9.29. The third kappa shape index (κ3) is 5.12. The highest BCUT2D eigenvalue weighted by Gasteiger charge is 2.05. The Labute approximate surface area is 113 Å². The van der Waals surface area contributed by atoms with E-state index in [-0.39, 0.29) is 12.4 Å². The predicted molar refractivity (Wildman–Crippen MR) is 76.0 cm³/mol. The summed E-state index contributed by atoms with van der Waals surface area (Å²) >= 11 is 1.85. The highest BCUT2D eigenvalue weighted by Crippen LogP contribution is 2.22. The van der Waals surface area contributed by atoms with Gasteiger partial charge in [-0.15, -0.1) is 0 Å². The molecule has 0 amide bonds. The van der Waals surface area contributed by atoms with E-state index in [1.807, 2.05) is 11.8 Å². The van der Waals surface area contributed by atoms with Crippen LogP contribution in [0.5, 0.6) is 0 Å². The summed E-state index contributed by atoms with van der Waals surface area (Å²) in [4.78, 5) is 0. The molecule has 0 fully saturated rings. The van der Waals surface area contributed by atoms with Gasteiger partial charge >= 0.3 is 0 Å². The van der Waals surface area contributed by atoms with Crippen molar-refractivity contribution in [3.8, 4) is 11.8 Å². The Bertz CT molecular complexity index is 434. The zero-order chi connectivity index (χ0) is 13.4. The van der Waals surface area contributed by atoms with Gasteiger partial charge in [0, 0.05) is 23.0 Å². The summed E-state index contributed by atoms with van der Waals surface area (Å²) in [5.41, 5.74) is 1.80. The third-order valence-electron chi connectivity index (χ3n) is 2.63. The van der Waals surface area contributed by atoms with E-state index >= 15 is 0 Å². The van der Waals surface area contributed by atoms with Crippen molar-refractivity contribution in [2.45, 2.75) is 37.7 Å². The molecule has 0 aliphatic carbocycles. The number of hydrogen-bond acceptors (Lipinski definition) is 2. The molecule has 98 valence electrons. The van der Waals surface area contributed by atoms with Crippen LogP contribution in [0.25, 0.3) is 0 Å². The molecule has 0 spiro atoms. The van der Waals surface area contributed by atoms with E-state index in [2.05, 4.69) is 25.7 Å². The molecule has 0 bridgehead atoms. The van der Waals surface area contributed by atoms with Crippen molar-refractivity contribution in [3.05, 3.63) is 35.1 Å². The van der Waals surface area contributed by atoms with Gasteiger partial charge in [-0.3, -0.25) is 0 Å². The molecular formula is C15H19FOS. The van der Waals surface area contributed by atoms with Gasteiger partial charge in [-0.2, -0.15) is 11.8 Å². The highest BCUT2D eigenvalue weighted by atomic mass is 32.2. The average Bonchev–Trinajstić information content (AvgIpc) is 2.37. The molecular weight excluding hydrogens is 247 g/mol. The Morgan fingerprint density at radius 2 is 2.22 bits per heavy atom. The molecule has 0 aromatic heterocycles. The van der Waals surface area contributed by atoms with Crippen LogP contribution in [0.1, 0.15) is 37.8 Å². The van der Waals surface area contributed by atoms with E-state index in [1.165, 1.54) is 12.1 Å². The molecule has 3 heteroatoms. The molecule has 1 aromatic rings. The molecule has 0 saturated carbocycles. The van der Waals surface area contributed by atoms with Crippen molar-refractivity contribution in [2.24, 2.45) is 0 Å².